The van der Waals surface area contributed by atoms with Gasteiger partial charge in [-0.1, -0.05) is 30.7 Å². The highest BCUT2D eigenvalue weighted by molar-refractivity contribution is 6.30. The first kappa shape index (κ1) is 13.5. The molecule has 0 aliphatic carbocycles. The van der Waals surface area contributed by atoms with Gasteiger partial charge in [0.15, 0.2) is 0 Å². The van der Waals surface area contributed by atoms with Crippen LogP contribution in [0.5, 0.6) is 0 Å². The Bertz CT molecular complexity index is 313. The van der Waals surface area contributed by atoms with Crippen LogP contribution in [0.3, 0.4) is 0 Å². The quantitative estimate of drug-likeness (QED) is 0.823. The highest BCUT2D eigenvalue weighted by Gasteiger charge is 2.07. The second-order valence-electron chi connectivity index (χ2n) is 4.29. The van der Waals surface area contributed by atoms with Crippen molar-refractivity contribution in [2.24, 2.45) is 0 Å². The van der Waals surface area contributed by atoms with Gasteiger partial charge in [0.25, 0.3) is 0 Å². The number of hydrogen-bond donors (Lipinski definition) is 1. The van der Waals surface area contributed by atoms with Crippen LogP contribution in [0.2, 0.25) is 5.02 Å². The predicted octanol–water partition coefficient (Wildman–Crippen LogP) is 2.77. The zero-order valence-electron chi connectivity index (χ0n) is 10.3. The predicted molar refractivity (Wildman–Crippen MR) is 70.9 cm³/mol. The van der Waals surface area contributed by atoms with Crippen molar-refractivity contribution in [1.29, 1.82) is 0 Å². The summed E-state index contributed by atoms with van der Waals surface area (Å²) in [4.78, 5) is 2.25. The van der Waals surface area contributed by atoms with Crippen molar-refractivity contribution in [2.45, 2.75) is 25.9 Å². The number of halogens is 1. The Morgan fingerprint density at radius 1 is 1.38 bits per heavy atom. The van der Waals surface area contributed by atoms with E-state index in [4.69, 9.17) is 11.6 Å². The van der Waals surface area contributed by atoms with Crippen LogP contribution in [-0.2, 0) is 6.54 Å². The highest BCUT2D eigenvalue weighted by atomic mass is 35.5. The van der Waals surface area contributed by atoms with Gasteiger partial charge in [-0.25, -0.2) is 0 Å². The van der Waals surface area contributed by atoms with Gasteiger partial charge in [0, 0.05) is 24.2 Å². The van der Waals surface area contributed by atoms with Crippen LogP contribution in [0.25, 0.3) is 0 Å². The Kier molecular flexibility index (Phi) is 5.81. The lowest BCUT2D eigenvalue weighted by atomic mass is 10.2. The zero-order valence-corrected chi connectivity index (χ0v) is 11.1. The van der Waals surface area contributed by atoms with E-state index in [1.54, 1.807) is 0 Å². The van der Waals surface area contributed by atoms with E-state index in [0.29, 0.717) is 6.04 Å². The third-order valence-corrected chi connectivity index (χ3v) is 3.03. The summed E-state index contributed by atoms with van der Waals surface area (Å²) in [5, 5.41) is 4.27. The molecule has 90 valence electrons. The molecule has 0 heterocycles. The minimum atomic E-state index is 0.596. The van der Waals surface area contributed by atoms with Crippen molar-refractivity contribution >= 4 is 11.6 Å². The van der Waals surface area contributed by atoms with E-state index >= 15 is 0 Å². The van der Waals surface area contributed by atoms with E-state index in [9.17, 15) is 0 Å². The average molecular weight is 241 g/mol. The maximum atomic E-state index is 5.93. The topological polar surface area (TPSA) is 15.3 Å². The van der Waals surface area contributed by atoms with Gasteiger partial charge in [-0.2, -0.15) is 0 Å². The Morgan fingerprint density at radius 2 is 2.12 bits per heavy atom. The van der Waals surface area contributed by atoms with E-state index in [1.165, 1.54) is 5.56 Å². The van der Waals surface area contributed by atoms with E-state index in [-0.39, 0.29) is 0 Å². The molecule has 0 amide bonds. The number of nitrogens with one attached hydrogen (secondary N) is 1. The molecule has 16 heavy (non-hydrogen) atoms. The van der Waals surface area contributed by atoms with Crippen molar-refractivity contribution in [3.8, 4) is 0 Å². The van der Waals surface area contributed by atoms with Crippen LogP contribution in [0, 0.1) is 0 Å². The second kappa shape index (κ2) is 6.89. The standard InChI is InChI=1S/C13H21ClN2/c1-4-13(16(2)3)10-15-9-11-6-5-7-12(14)8-11/h5-8,13,15H,4,9-10H2,1-3H3. The van der Waals surface area contributed by atoms with Crippen LogP contribution in [0.15, 0.2) is 24.3 Å². The molecule has 0 aliphatic heterocycles. The fraction of sp³-hybridized carbons (Fsp3) is 0.538. The molecule has 1 unspecified atom stereocenters. The molecule has 3 heteroatoms. The van der Waals surface area contributed by atoms with E-state index in [0.717, 1.165) is 24.5 Å². The number of likely N-dealkylation sites (N-methyl/N-ethyl adjacent to an activating group) is 1. The van der Waals surface area contributed by atoms with Crippen molar-refractivity contribution in [2.75, 3.05) is 20.6 Å². The summed E-state index contributed by atoms with van der Waals surface area (Å²) < 4.78 is 0. The first-order valence-corrected chi connectivity index (χ1v) is 6.13. The largest absolute Gasteiger partial charge is 0.311 e. The van der Waals surface area contributed by atoms with E-state index in [2.05, 4.69) is 37.3 Å². The summed E-state index contributed by atoms with van der Waals surface area (Å²) in [7, 11) is 4.24. The van der Waals surface area contributed by atoms with Gasteiger partial charge in [-0.05, 0) is 38.2 Å². The normalized spacial score (nSPS) is 13.1. The molecule has 0 bridgehead atoms. The maximum Gasteiger partial charge on any atom is 0.0409 e. The number of rotatable bonds is 6. The molecule has 0 spiro atoms. The van der Waals surface area contributed by atoms with Gasteiger partial charge >= 0.3 is 0 Å². The Labute approximate surface area is 104 Å². The van der Waals surface area contributed by atoms with Crippen LogP contribution in [-0.4, -0.2) is 31.6 Å². The molecule has 1 N–H and O–H groups in total. The summed E-state index contributed by atoms with van der Waals surface area (Å²) in [6.45, 7) is 4.10. The highest BCUT2D eigenvalue weighted by Crippen LogP contribution is 2.10. The molecule has 0 radical (unpaired) electrons. The van der Waals surface area contributed by atoms with Gasteiger partial charge < -0.3 is 10.2 Å². The first-order valence-electron chi connectivity index (χ1n) is 5.75. The monoisotopic (exact) mass is 240 g/mol. The molecule has 0 aliphatic rings. The zero-order chi connectivity index (χ0) is 12.0. The molecule has 1 rings (SSSR count). The van der Waals surface area contributed by atoms with Crippen LogP contribution in [0.1, 0.15) is 18.9 Å². The summed E-state index contributed by atoms with van der Waals surface area (Å²) in [6.07, 6.45) is 1.16. The van der Waals surface area contributed by atoms with Crippen molar-refractivity contribution < 1.29 is 0 Å². The van der Waals surface area contributed by atoms with Crippen molar-refractivity contribution in [3.63, 3.8) is 0 Å². The number of benzene rings is 1. The average Bonchev–Trinajstić information content (AvgIpc) is 2.24. The minimum absolute atomic E-state index is 0.596. The molecule has 1 atom stereocenters. The summed E-state index contributed by atoms with van der Waals surface area (Å²) in [5.74, 6) is 0. The Hall–Kier alpha value is -0.570. The number of nitrogens with zero attached hydrogens (tertiary/aromatic N) is 1. The number of hydrogen-bond acceptors (Lipinski definition) is 2. The lowest BCUT2D eigenvalue weighted by Crippen LogP contribution is -2.37. The van der Waals surface area contributed by atoms with Crippen molar-refractivity contribution in [3.05, 3.63) is 34.9 Å². The summed E-state index contributed by atoms with van der Waals surface area (Å²) in [6, 6.07) is 8.59. The second-order valence-corrected chi connectivity index (χ2v) is 4.72. The molecule has 1 aromatic carbocycles. The lowest BCUT2D eigenvalue weighted by molar-refractivity contribution is 0.276. The molecule has 0 saturated carbocycles. The Morgan fingerprint density at radius 3 is 2.69 bits per heavy atom. The Balaban J connectivity index is 2.35. The molecule has 0 saturated heterocycles. The SMILES string of the molecule is CCC(CNCc1cccc(Cl)c1)N(C)C. The smallest absolute Gasteiger partial charge is 0.0409 e. The molecule has 2 nitrogen and oxygen atoms in total. The van der Waals surface area contributed by atoms with E-state index in [1.807, 2.05) is 18.2 Å². The van der Waals surface area contributed by atoms with Gasteiger partial charge in [-0.3, -0.25) is 0 Å². The van der Waals surface area contributed by atoms with Crippen molar-refractivity contribution in [1.82, 2.24) is 10.2 Å². The fourth-order valence-electron chi connectivity index (χ4n) is 1.72. The third kappa shape index (κ3) is 4.52. The lowest BCUT2D eigenvalue weighted by Gasteiger charge is -2.23. The van der Waals surface area contributed by atoms with Gasteiger partial charge in [0.2, 0.25) is 0 Å². The third-order valence-electron chi connectivity index (χ3n) is 2.80. The fourth-order valence-corrected chi connectivity index (χ4v) is 1.93. The van der Waals surface area contributed by atoms with E-state index < -0.39 is 0 Å². The van der Waals surface area contributed by atoms with Gasteiger partial charge in [0.1, 0.15) is 0 Å². The molecular formula is C13H21ClN2. The summed E-state index contributed by atoms with van der Waals surface area (Å²) >= 11 is 5.93. The van der Waals surface area contributed by atoms with Gasteiger partial charge in [-0.15, -0.1) is 0 Å². The molecule has 0 aromatic heterocycles. The maximum absolute atomic E-state index is 5.93. The minimum Gasteiger partial charge on any atom is -0.311 e. The van der Waals surface area contributed by atoms with Crippen LogP contribution in [0.4, 0.5) is 0 Å². The van der Waals surface area contributed by atoms with Crippen LogP contribution >= 0.6 is 11.6 Å². The van der Waals surface area contributed by atoms with Crippen LogP contribution < -0.4 is 5.32 Å². The first-order chi connectivity index (χ1) is 7.63. The van der Waals surface area contributed by atoms with Gasteiger partial charge in [0.05, 0.1) is 0 Å². The molecule has 0 fully saturated rings. The molecule has 1 aromatic rings. The summed E-state index contributed by atoms with van der Waals surface area (Å²) in [5.41, 5.74) is 1.24. The molecular weight excluding hydrogens is 220 g/mol.